The van der Waals surface area contributed by atoms with Gasteiger partial charge in [-0.3, -0.25) is 19.3 Å². The minimum atomic E-state index is -0.763. The van der Waals surface area contributed by atoms with Gasteiger partial charge in [-0.15, -0.1) is 24.9 Å². The Hall–Kier alpha value is -1.88. The lowest BCUT2D eigenvalue weighted by Crippen LogP contribution is -2.59. The third-order valence-corrected chi connectivity index (χ3v) is 11.8. The molecule has 1 N–H and O–H groups in total. The molecule has 4 aliphatic heterocycles. The number of rotatable bonds is 15. The van der Waals surface area contributed by atoms with E-state index in [0.717, 1.165) is 32.4 Å². The highest BCUT2D eigenvalue weighted by Gasteiger charge is 2.78. The van der Waals surface area contributed by atoms with E-state index in [1.807, 2.05) is 18.7 Å². The maximum atomic E-state index is 14.7. The minimum absolute atomic E-state index is 0.0160. The molecule has 0 saturated carbocycles. The monoisotopic (exact) mass is 591 g/mol. The molecule has 0 radical (unpaired) electrons. The molecule has 0 aliphatic carbocycles. The van der Waals surface area contributed by atoms with Gasteiger partial charge in [0.15, 0.2) is 0 Å². The smallest absolute Gasteiger partial charge is 0.311 e. The molecule has 0 aromatic heterocycles. The molecule has 9 nitrogen and oxygen atoms in total. The van der Waals surface area contributed by atoms with Gasteiger partial charge in [0.25, 0.3) is 0 Å². The molecular weight excluding hydrogens is 542 g/mol. The van der Waals surface area contributed by atoms with Gasteiger partial charge in [-0.2, -0.15) is 0 Å². The first-order valence-electron chi connectivity index (χ1n) is 15.3. The fraction of sp³-hybridized carbons (Fsp3) is 0.774. The second-order valence-corrected chi connectivity index (χ2v) is 14.1. The molecule has 7 atom stereocenters. The van der Waals surface area contributed by atoms with Crippen LogP contribution < -0.4 is 0 Å². The number of fused-ring (bicyclic) bond motifs is 1. The van der Waals surface area contributed by atoms with Crippen molar-refractivity contribution >= 4 is 29.5 Å². The summed E-state index contributed by atoms with van der Waals surface area (Å²) in [5, 5.41) is 10.6. The Morgan fingerprint density at radius 2 is 2.00 bits per heavy atom. The van der Waals surface area contributed by atoms with Crippen LogP contribution in [0.3, 0.4) is 0 Å². The molecule has 2 amide bonds. The number of hydrogen-bond acceptors (Lipinski definition) is 8. The summed E-state index contributed by atoms with van der Waals surface area (Å²) in [5.41, 5.74) is 0. The average molecular weight is 592 g/mol. The van der Waals surface area contributed by atoms with Crippen LogP contribution in [0.1, 0.15) is 52.9 Å². The van der Waals surface area contributed by atoms with Gasteiger partial charge < -0.3 is 24.4 Å². The normalized spacial score (nSPS) is 32.4. The Bertz CT molecular complexity index is 989. The number of amides is 2. The van der Waals surface area contributed by atoms with Crippen molar-refractivity contribution in [1.29, 1.82) is 0 Å². The van der Waals surface area contributed by atoms with Crippen molar-refractivity contribution in [2.24, 2.45) is 17.8 Å². The summed E-state index contributed by atoms with van der Waals surface area (Å²) in [5.74, 6) is -1.97. The number of carbonyl (C=O) groups is 3. The molecule has 0 aromatic rings. The van der Waals surface area contributed by atoms with Crippen molar-refractivity contribution in [1.82, 2.24) is 14.7 Å². The lowest BCUT2D eigenvalue weighted by molar-refractivity contribution is -0.156. The Morgan fingerprint density at radius 1 is 1.27 bits per heavy atom. The number of likely N-dealkylation sites (tertiary alicyclic amines) is 1. The zero-order valence-corrected chi connectivity index (χ0v) is 25.9. The summed E-state index contributed by atoms with van der Waals surface area (Å²) in [6, 6.07) is -1.27. The summed E-state index contributed by atoms with van der Waals surface area (Å²) < 4.78 is 9.99. The number of esters is 1. The quantitative estimate of drug-likeness (QED) is 0.176. The van der Waals surface area contributed by atoms with Gasteiger partial charge in [0.05, 0.1) is 49.1 Å². The first-order chi connectivity index (χ1) is 19.7. The Kier molecular flexibility index (Phi) is 10.6. The first kappa shape index (κ1) is 32.0. The molecule has 4 heterocycles. The highest BCUT2D eigenvalue weighted by molar-refractivity contribution is 8.02. The molecule has 0 aromatic carbocycles. The number of aliphatic hydroxyl groups is 1. The Morgan fingerprint density at radius 3 is 2.63 bits per heavy atom. The van der Waals surface area contributed by atoms with Crippen LogP contribution in [0, 0.1) is 17.8 Å². The van der Waals surface area contributed by atoms with Crippen molar-refractivity contribution in [2.45, 2.75) is 74.5 Å². The van der Waals surface area contributed by atoms with E-state index in [-0.39, 0.29) is 36.9 Å². The van der Waals surface area contributed by atoms with Gasteiger partial charge in [0, 0.05) is 37.5 Å². The second kappa shape index (κ2) is 13.6. The molecule has 41 heavy (non-hydrogen) atoms. The molecule has 230 valence electrons. The number of aliphatic hydroxyl groups excluding tert-OH is 1. The summed E-state index contributed by atoms with van der Waals surface area (Å²) >= 11 is 1.64. The molecule has 2 unspecified atom stereocenters. The summed E-state index contributed by atoms with van der Waals surface area (Å²) in [4.78, 5) is 48.6. The van der Waals surface area contributed by atoms with Crippen LogP contribution in [0.4, 0.5) is 0 Å². The fourth-order valence-electron chi connectivity index (χ4n) is 7.37. The van der Waals surface area contributed by atoms with Crippen molar-refractivity contribution in [2.75, 3.05) is 59.2 Å². The van der Waals surface area contributed by atoms with E-state index in [4.69, 9.17) is 9.47 Å². The number of morpholine rings is 1. The number of carbonyl (C=O) groups excluding carboxylic acids is 3. The SMILES string of the molecule is C=CCCCOC(=O)[C@@H]1[C@H]2C(=O)N([C@@H](CO)[C@@H](C)CC)C(C(=O)N(CC=C)CCN3CCOCC3)C23CC[C@@]1(C)S3. The van der Waals surface area contributed by atoms with Crippen LogP contribution in [0.5, 0.6) is 0 Å². The van der Waals surface area contributed by atoms with E-state index in [1.165, 1.54) is 0 Å². The lowest BCUT2D eigenvalue weighted by Gasteiger charge is -2.41. The van der Waals surface area contributed by atoms with Crippen LogP contribution in [0.15, 0.2) is 25.3 Å². The number of nitrogens with zero attached hydrogens (tertiary/aromatic N) is 3. The van der Waals surface area contributed by atoms with Gasteiger partial charge in [0.2, 0.25) is 11.8 Å². The lowest BCUT2D eigenvalue weighted by atomic mass is 9.66. The molecule has 4 fully saturated rings. The van der Waals surface area contributed by atoms with Gasteiger partial charge in [-0.1, -0.05) is 32.4 Å². The Balaban J connectivity index is 1.69. The zero-order chi connectivity index (χ0) is 29.8. The Labute approximate surface area is 249 Å². The van der Waals surface area contributed by atoms with E-state index >= 15 is 0 Å². The number of ether oxygens (including phenoxy) is 2. The van der Waals surface area contributed by atoms with Gasteiger partial charge in [-0.25, -0.2) is 0 Å². The van der Waals surface area contributed by atoms with Crippen molar-refractivity contribution in [3.05, 3.63) is 25.3 Å². The summed E-state index contributed by atoms with van der Waals surface area (Å²) in [6.07, 6.45) is 7.11. The van der Waals surface area contributed by atoms with E-state index < -0.39 is 33.4 Å². The largest absolute Gasteiger partial charge is 0.465 e. The molecule has 4 saturated heterocycles. The number of thioether (sulfide) groups is 1. The maximum absolute atomic E-state index is 14.7. The topological polar surface area (TPSA) is 99.6 Å². The number of unbranched alkanes of at least 4 members (excludes halogenated alkanes) is 1. The molecule has 2 bridgehead atoms. The molecule has 1 spiro atoms. The van der Waals surface area contributed by atoms with Crippen LogP contribution in [-0.4, -0.2) is 118 Å². The van der Waals surface area contributed by atoms with Crippen molar-refractivity contribution < 1.29 is 29.0 Å². The molecule has 4 aliphatic rings. The summed E-state index contributed by atoms with van der Waals surface area (Å²) in [7, 11) is 0. The van der Waals surface area contributed by atoms with Crippen LogP contribution >= 0.6 is 11.8 Å². The second-order valence-electron chi connectivity index (χ2n) is 12.2. The van der Waals surface area contributed by atoms with E-state index in [2.05, 4.69) is 25.0 Å². The van der Waals surface area contributed by atoms with Gasteiger partial charge >= 0.3 is 5.97 Å². The average Bonchev–Trinajstić information content (AvgIpc) is 3.54. The predicted molar refractivity (Wildman–Crippen MR) is 160 cm³/mol. The molecule has 4 rings (SSSR count). The first-order valence-corrected chi connectivity index (χ1v) is 16.1. The standard InChI is InChI=1S/C31H49N3O6S/c1-6-9-10-18-40-29(38)25-24-27(36)34(23(21-35)22(4)8-3)26(31(24)12-11-30(25,5)41-31)28(37)33(13-7-2)15-14-32-16-19-39-20-17-32/h6-7,22-26,35H,1-2,8-21H2,3-5H3/t22-,23-,24-,25-,26?,30+,31?/m0/s1. The third kappa shape index (κ3) is 5.99. The predicted octanol–water partition coefficient (Wildman–Crippen LogP) is 2.73. The number of allylic oxidation sites excluding steroid dienone is 1. The highest BCUT2D eigenvalue weighted by Crippen LogP contribution is 2.72. The van der Waals surface area contributed by atoms with Gasteiger partial charge in [-0.05, 0) is 38.5 Å². The van der Waals surface area contributed by atoms with E-state index in [1.54, 1.807) is 28.8 Å². The maximum Gasteiger partial charge on any atom is 0.311 e. The van der Waals surface area contributed by atoms with Crippen LogP contribution in [0.25, 0.3) is 0 Å². The van der Waals surface area contributed by atoms with Crippen molar-refractivity contribution in [3.63, 3.8) is 0 Å². The minimum Gasteiger partial charge on any atom is -0.465 e. The zero-order valence-electron chi connectivity index (χ0n) is 25.1. The fourth-order valence-corrected chi connectivity index (χ4v) is 9.70. The molecular formula is C31H49N3O6S. The van der Waals surface area contributed by atoms with Crippen LogP contribution in [-0.2, 0) is 23.9 Å². The highest BCUT2D eigenvalue weighted by atomic mass is 32.2. The molecule has 10 heteroatoms. The van der Waals surface area contributed by atoms with E-state index in [9.17, 15) is 19.5 Å². The third-order valence-electron chi connectivity index (χ3n) is 9.80. The van der Waals surface area contributed by atoms with E-state index in [0.29, 0.717) is 45.7 Å². The number of hydrogen-bond donors (Lipinski definition) is 1. The van der Waals surface area contributed by atoms with Crippen LogP contribution in [0.2, 0.25) is 0 Å². The summed E-state index contributed by atoms with van der Waals surface area (Å²) in [6.45, 7) is 18.4. The van der Waals surface area contributed by atoms with Crippen molar-refractivity contribution in [3.8, 4) is 0 Å². The van der Waals surface area contributed by atoms with Gasteiger partial charge in [0.1, 0.15) is 6.04 Å².